The van der Waals surface area contributed by atoms with Gasteiger partial charge in [-0.25, -0.2) is 0 Å². The molecule has 0 aliphatic carbocycles. The summed E-state index contributed by atoms with van der Waals surface area (Å²) in [7, 11) is 0. The molecule has 0 saturated carbocycles. The van der Waals surface area contributed by atoms with E-state index in [0.29, 0.717) is 27.0 Å². The van der Waals surface area contributed by atoms with Crippen LogP contribution in [0.1, 0.15) is 6.99 Å². The summed E-state index contributed by atoms with van der Waals surface area (Å²) in [6, 6.07) is 12.3. The van der Waals surface area contributed by atoms with Gasteiger partial charge in [0.05, 0.1) is 22.2 Å². The maximum Gasteiger partial charge on any atom is 1.00 e. The van der Waals surface area contributed by atoms with Gasteiger partial charge >= 0.3 is 57.4 Å². The quantitative estimate of drug-likeness (QED) is 0.832. The summed E-state index contributed by atoms with van der Waals surface area (Å²) >= 11 is 12.1. The van der Waals surface area contributed by atoms with Crippen LogP contribution in [0.25, 0.3) is 0 Å². The van der Waals surface area contributed by atoms with Crippen LogP contribution >= 0.6 is 23.2 Å². The van der Waals surface area contributed by atoms with Crippen LogP contribution in [-0.2, 0) is 11.2 Å². The van der Waals surface area contributed by atoms with Crippen LogP contribution in [0, 0.1) is 0 Å². The van der Waals surface area contributed by atoms with Crippen LogP contribution in [-0.4, -0.2) is 11.1 Å². The third kappa shape index (κ3) is 4.74. The number of hydrogen-bond acceptors (Lipinski definition) is 2. The Balaban J connectivity index is 0.00000200. The topological polar surface area (TPSA) is 49.3 Å². The fraction of sp³-hybridized carbons (Fsp3) is 0.0714. The number of hydrogen-bond donors (Lipinski definition) is 2. The molecule has 100 valence electrons. The van der Waals surface area contributed by atoms with Gasteiger partial charge in [0.2, 0.25) is 0 Å². The van der Waals surface area contributed by atoms with Crippen LogP contribution in [0.15, 0.2) is 42.5 Å². The SMILES string of the molecule is O=C(O)Cc1ccccc1Nc1c(Cl)cccc1Cl.[H-].[K+]. The van der Waals surface area contributed by atoms with Crippen molar-refractivity contribution in [2.24, 2.45) is 0 Å². The predicted octanol–water partition coefficient (Wildman–Crippen LogP) is 1.48. The summed E-state index contributed by atoms with van der Waals surface area (Å²) in [6.07, 6.45) is -0.0642. The Morgan fingerprint density at radius 1 is 1.10 bits per heavy atom. The van der Waals surface area contributed by atoms with E-state index in [-0.39, 0.29) is 59.2 Å². The van der Waals surface area contributed by atoms with E-state index in [1.54, 1.807) is 36.4 Å². The molecule has 0 aromatic heterocycles. The Kier molecular flexibility index (Phi) is 7.54. The largest absolute Gasteiger partial charge is 1.00 e. The van der Waals surface area contributed by atoms with Gasteiger partial charge in [-0.05, 0) is 23.8 Å². The van der Waals surface area contributed by atoms with E-state index in [1.165, 1.54) is 0 Å². The zero-order valence-corrected chi connectivity index (χ0v) is 15.5. The molecular weight excluding hydrogens is 324 g/mol. The second kappa shape index (κ2) is 8.39. The van der Waals surface area contributed by atoms with Gasteiger partial charge in [0.15, 0.2) is 0 Å². The van der Waals surface area contributed by atoms with Crippen LogP contribution < -0.4 is 56.7 Å². The molecule has 0 amide bonds. The molecule has 0 aliphatic heterocycles. The molecule has 2 aromatic carbocycles. The van der Waals surface area contributed by atoms with Crippen LogP contribution in [0.3, 0.4) is 0 Å². The molecule has 0 bridgehead atoms. The van der Waals surface area contributed by atoms with Gasteiger partial charge in [-0.15, -0.1) is 0 Å². The Morgan fingerprint density at radius 2 is 1.70 bits per heavy atom. The van der Waals surface area contributed by atoms with Gasteiger partial charge in [-0.3, -0.25) is 4.79 Å². The molecule has 0 fully saturated rings. The average molecular weight is 336 g/mol. The number of benzene rings is 2. The Labute approximate surface area is 171 Å². The molecular formula is C14H12Cl2KNO2. The standard InChI is InChI=1S/C14H11Cl2NO2.K.H/c15-10-5-3-6-11(16)14(10)17-12-7-2-1-4-9(12)8-13(18)19;;/h1-7,17H,8H2,(H,18,19);;/q;+1;-1. The molecule has 2 rings (SSSR count). The van der Waals surface area contributed by atoms with E-state index >= 15 is 0 Å². The first-order valence-electron chi connectivity index (χ1n) is 5.58. The third-order valence-electron chi connectivity index (χ3n) is 2.58. The van der Waals surface area contributed by atoms with Gasteiger partial charge in [0.25, 0.3) is 0 Å². The number of rotatable bonds is 4. The molecule has 0 radical (unpaired) electrons. The number of carbonyl (C=O) groups is 1. The Hall–Kier alpha value is -0.0736. The summed E-state index contributed by atoms with van der Waals surface area (Å²) in [5.74, 6) is -0.889. The van der Waals surface area contributed by atoms with Crippen molar-refractivity contribution < 1.29 is 62.7 Å². The van der Waals surface area contributed by atoms with Crippen molar-refractivity contribution >= 4 is 40.5 Å². The van der Waals surface area contributed by atoms with Crippen LogP contribution in [0.5, 0.6) is 0 Å². The molecule has 2 N–H and O–H groups in total. The molecule has 0 saturated heterocycles. The average Bonchev–Trinajstić information content (AvgIpc) is 2.35. The number of anilines is 2. The molecule has 3 nitrogen and oxygen atoms in total. The molecule has 0 spiro atoms. The minimum absolute atomic E-state index is 0. The zero-order valence-electron chi connectivity index (χ0n) is 11.9. The predicted molar refractivity (Wildman–Crippen MR) is 78.6 cm³/mol. The summed E-state index contributed by atoms with van der Waals surface area (Å²) in [4.78, 5) is 10.8. The first kappa shape index (κ1) is 18.0. The fourth-order valence-corrected chi connectivity index (χ4v) is 2.20. The van der Waals surface area contributed by atoms with E-state index in [0.717, 1.165) is 0 Å². The molecule has 20 heavy (non-hydrogen) atoms. The zero-order chi connectivity index (χ0) is 13.8. The van der Waals surface area contributed by atoms with Gasteiger partial charge < -0.3 is 11.8 Å². The number of para-hydroxylation sites is 2. The molecule has 0 atom stereocenters. The minimum Gasteiger partial charge on any atom is -1.00 e. The third-order valence-corrected chi connectivity index (χ3v) is 3.21. The molecule has 0 unspecified atom stereocenters. The maximum absolute atomic E-state index is 10.8. The van der Waals surface area contributed by atoms with Gasteiger partial charge in [-0.1, -0.05) is 47.5 Å². The van der Waals surface area contributed by atoms with E-state index in [9.17, 15) is 4.79 Å². The smallest absolute Gasteiger partial charge is 1.00 e. The number of halogens is 2. The van der Waals surface area contributed by atoms with Crippen molar-refractivity contribution in [1.82, 2.24) is 0 Å². The van der Waals surface area contributed by atoms with E-state index in [1.807, 2.05) is 6.07 Å². The number of aliphatic carboxylic acids is 1. The normalized spacial score (nSPS) is 9.70. The molecule has 0 heterocycles. The van der Waals surface area contributed by atoms with Crippen molar-refractivity contribution in [2.45, 2.75) is 6.42 Å². The van der Waals surface area contributed by atoms with Crippen molar-refractivity contribution in [1.29, 1.82) is 0 Å². The van der Waals surface area contributed by atoms with E-state index in [2.05, 4.69) is 5.32 Å². The number of nitrogens with one attached hydrogen (secondary N) is 1. The fourth-order valence-electron chi connectivity index (χ4n) is 1.71. The summed E-state index contributed by atoms with van der Waals surface area (Å²) in [5, 5.41) is 12.9. The Morgan fingerprint density at radius 3 is 2.30 bits per heavy atom. The minimum atomic E-state index is -0.889. The second-order valence-electron chi connectivity index (χ2n) is 3.95. The van der Waals surface area contributed by atoms with E-state index in [4.69, 9.17) is 28.3 Å². The van der Waals surface area contributed by atoms with Gasteiger partial charge in [-0.2, -0.15) is 0 Å². The van der Waals surface area contributed by atoms with Crippen molar-refractivity contribution in [2.75, 3.05) is 5.32 Å². The summed E-state index contributed by atoms with van der Waals surface area (Å²) < 4.78 is 0. The first-order chi connectivity index (χ1) is 9.08. The van der Waals surface area contributed by atoms with Crippen molar-refractivity contribution in [3.05, 3.63) is 58.1 Å². The second-order valence-corrected chi connectivity index (χ2v) is 4.76. The maximum atomic E-state index is 10.8. The van der Waals surface area contributed by atoms with Gasteiger partial charge in [0.1, 0.15) is 0 Å². The van der Waals surface area contributed by atoms with Crippen LogP contribution in [0.4, 0.5) is 11.4 Å². The number of carboxylic acid groups (broad SMARTS) is 1. The van der Waals surface area contributed by atoms with E-state index < -0.39 is 5.97 Å². The Bertz CT molecular complexity index is 605. The number of carboxylic acids is 1. The van der Waals surface area contributed by atoms with Crippen LogP contribution in [0.2, 0.25) is 10.0 Å². The summed E-state index contributed by atoms with van der Waals surface area (Å²) in [6.45, 7) is 0. The monoisotopic (exact) mass is 335 g/mol. The van der Waals surface area contributed by atoms with Gasteiger partial charge in [0, 0.05) is 5.69 Å². The van der Waals surface area contributed by atoms with Crippen molar-refractivity contribution in [3.8, 4) is 0 Å². The summed E-state index contributed by atoms with van der Waals surface area (Å²) in [5.41, 5.74) is 1.93. The molecule has 2 aromatic rings. The molecule has 0 aliphatic rings. The molecule has 6 heteroatoms. The van der Waals surface area contributed by atoms with Crippen molar-refractivity contribution in [3.63, 3.8) is 0 Å². The first-order valence-corrected chi connectivity index (χ1v) is 6.34.